The van der Waals surface area contributed by atoms with Gasteiger partial charge in [0.05, 0.1) is 11.8 Å². The van der Waals surface area contributed by atoms with Crippen LogP contribution in [0.25, 0.3) is 23.0 Å². The van der Waals surface area contributed by atoms with Gasteiger partial charge >= 0.3 is 0 Å². The molecule has 3 rings (SSSR count). The molecule has 3 aromatic heterocycles. The van der Waals surface area contributed by atoms with E-state index in [0.717, 1.165) is 4.47 Å². The summed E-state index contributed by atoms with van der Waals surface area (Å²) in [6, 6.07) is 5.12. The van der Waals surface area contributed by atoms with Crippen molar-refractivity contribution in [3.8, 4) is 28.7 Å². The topological polar surface area (TPSA) is 84.9 Å². The molecule has 3 aromatic rings. The van der Waals surface area contributed by atoms with E-state index in [1.165, 1.54) is 18.5 Å². The molecule has 7 heteroatoms. The van der Waals surface area contributed by atoms with Crippen molar-refractivity contribution < 1.29 is 9.63 Å². The lowest BCUT2D eigenvalue weighted by molar-refractivity contribution is 0.431. The maximum absolute atomic E-state index is 9.36. The average molecular weight is 319 g/mol. The summed E-state index contributed by atoms with van der Waals surface area (Å²) >= 11 is 3.31. The van der Waals surface area contributed by atoms with Crippen LogP contribution in [0, 0.1) is 0 Å². The van der Waals surface area contributed by atoms with Crippen LogP contribution in [0.5, 0.6) is 5.75 Å². The first-order chi connectivity index (χ1) is 9.22. The van der Waals surface area contributed by atoms with E-state index in [-0.39, 0.29) is 11.6 Å². The van der Waals surface area contributed by atoms with Crippen LogP contribution in [-0.2, 0) is 0 Å². The largest absolute Gasteiger partial charge is 0.506 e. The third-order valence-electron chi connectivity index (χ3n) is 2.35. The first kappa shape index (κ1) is 11.8. The summed E-state index contributed by atoms with van der Waals surface area (Å²) in [5.41, 5.74) is 1.15. The molecule has 0 aliphatic heterocycles. The molecule has 0 radical (unpaired) electrons. The summed E-state index contributed by atoms with van der Waals surface area (Å²) in [6.07, 6.45) is 4.52. The molecular formula is C12H7BrN4O2. The second-order valence-corrected chi connectivity index (χ2v) is 4.63. The number of nitrogens with zero attached hydrogens (tertiary/aromatic N) is 4. The van der Waals surface area contributed by atoms with Gasteiger partial charge in [0, 0.05) is 16.9 Å². The van der Waals surface area contributed by atoms with Gasteiger partial charge in [0.25, 0.3) is 5.89 Å². The van der Waals surface area contributed by atoms with Crippen molar-refractivity contribution in [2.24, 2.45) is 0 Å². The molecule has 0 spiro atoms. The zero-order chi connectivity index (χ0) is 13.2. The number of hydrogen-bond donors (Lipinski definition) is 1. The lowest BCUT2D eigenvalue weighted by Crippen LogP contribution is -1.85. The van der Waals surface area contributed by atoms with Crippen molar-refractivity contribution >= 4 is 15.9 Å². The molecule has 1 N–H and O–H groups in total. The van der Waals surface area contributed by atoms with Gasteiger partial charge < -0.3 is 9.63 Å². The minimum Gasteiger partial charge on any atom is -0.506 e. The van der Waals surface area contributed by atoms with E-state index in [4.69, 9.17) is 4.52 Å². The van der Waals surface area contributed by atoms with Crippen molar-refractivity contribution in [3.63, 3.8) is 0 Å². The minimum atomic E-state index is 0.0408. The highest BCUT2D eigenvalue weighted by Gasteiger charge is 2.12. The second kappa shape index (κ2) is 4.77. The predicted octanol–water partition coefficient (Wildman–Crippen LogP) is 2.66. The molecule has 6 nitrogen and oxygen atoms in total. The molecule has 94 valence electrons. The van der Waals surface area contributed by atoms with Crippen LogP contribution in [-0.4, -0.2) is 25.2 Å². The highest BCUT2D eigenvalue weighted by atomic mass is 79.9. The Balaban J connectivity index is 1.97. The van der Waals surface area contributed by atoms with Crippen LogP contribution in [0.1, 0.15) is 0 Å². The predicted molar refractivity (Wildman–Crippen MR) is 70.1 cm³/mol. The smallest absolute Gasteiger partial charge is 0.259 e. The summed E-state index contributed by atoms with van der Waals surface area (Å²) in [4.78, 5) is 12.2. The molecule has 3 heterocycles. The summed E-state index contributed by atoms with van der Waals surface area (Å²) in [5.74, 6) is 0.702. The highest BCUT2D eigenvalue weighted by Crippen LogP contribution is 2.23. The van der Waals surface area contributed by atoms with E-state index in [2.05, 4.69) is 36.0 Å². The molecule has 0 aromatic carbocycles. The van der Waals surface area contributed by atoms with Crippen LogP contribution in [0.15, 0.2) is 45.8 Å². The van der Waals surface area contributed by atoms with Gasteiger partial charge in [0.2, 0.25) is 5.82 Å². The maximum atomic E-state index is 9.36. The zero-order valence-electron chi connectivity index (χ0n) is 9.49. The van der Waals surface area contributed by atoms with Crippen molar-refractivity contribution in [2.75, 3.05) is 0 Å². The third kappa shape index (κ3) is 2.45. The fraction of sp³-hybridized carbons (Fsp3) is 0. The normalized spacial score (nSPS) is 10.6. The van der Waals surface area contributed by atoms with Gasteiger partial charge in [-0.2, -0.15) is 4.98 Å². The van der Waals surface area contributed by atoms with Gasteiger partial charge in [-0.15, -0.1) is 0 Å². The molecule has 0 amide bonds. The Kier molecular flexibility index (Phi) is 2.96. The molecule has 19 heavy (non-hydrogen) atoms. The van der Waals surface area contributed by atoms with Crippen molar-refractivity contribution in [3.05, 3.63) is 41.3 Å². The minimum absolute atomic E-state index is 0.0408. The van der Waals surface area contributed by atoms with Crippen LogP contribution in [0.4, 0.5) is 0 Å². The molecule has 0 aliphatic rings. The number of rotatable bonds is 2. The Bertz CT molecular complexity index is 712. The first-order valence-electron chi connectivity index (χ1n) is 5.32. The van der Waals surface area contributed by atoms with Crippen molar-refractivity contribution in [1.82, 2.24) is 20.1 Å². The van der Waals surface area contributed by atoms with E-state index in [1.807, 2.05) is 6.07 Å². The van der Waals surface area contributed by atoms with Gasteiger partial charge in [-0.05, 0) is 34.1 Å². The monoisotopic (exact) mass is 318 g/mol. The third-order valence-corrected chi connectivity index (χ3v) is 2.82. The van der Waals surface area contributed by atoms with Crippen LogP contribution >= 0.6 is 15.9 Å². The summed E-state index contributed by atoms with van der Waals surface area (Å²) in [5, 5.41) is 13.2. The number of aromatic hydroxyl groups is 1. The van der Waals surface area contributed by atoms with Gasteiger partial charge in [-0.1, -0.05) is 5.16 Å². The van der Waals surface area contributed by atoms with E-state index in [1.54, 1.807) is 12.3 Å². The lowest BCUT2D eigenvalue weighted by Gasteiger charge is -1.94. The summed E-state index contributed by atoms with van der Waals surface area (Å²) in [7, 11) is 0. The van der Waals surface area contributed by atoms with E-state index >= 15 is 0 Å². The Morgan fingerprint density at radius 2 is 2.05 bits per heavy atom. The number of aromatic nitrogens is 4. The number of halogens is 1. The van der Waals surface area contributed by atoms with Crippen LogP contribution in [0.3, 0.4) is 0 Å². The van der Waals surface area contributed by atoms with Gasteiger partial charge in [0.1, 0.15) is 11.4 Å². The first-order valence-corrected chi connectivity index (χ1v) is 6.12. The highest BCUT2D eigenvalue weighted by molar-refractivity contribution is 9.10. The molecule has 0 saturated heterocycles. The van der Waals surface area contributed by atoms with Gasteiger partial charge in [0.15, 0.2) is 0 Å². The molecular weight excluding hydrogens is 312 g/mol. The number of hydrogen-bond acceptors (Lipinski definition) is 6. The van der Waals surface area contributed by atoms with Crippen LogP contribution < -0.4 is 0 Å². The maximum Gasteiger partial charge on any atom is 0.259 e. The fourth-order valence-corrected chi connectivity index (χ4v) is 1.73. The van der Waals surface area contributed by atoms with Gasteiger partial charge in [-0.25, -0.2) is 0 Å². The molecule has 0 bridgehead atoms. The molecule has 0 saturated carbocycles. The Morgan fingerprint density at radius 3 is 2.79 bits per heavy atom. The van der Waals surface area contributed by atoms with E-state index in [0.29, 0.717) is 17.1 Å². The zero-order valence-corrected chi connectivity index (χ0v) is 11.1. The summed E-state index contributed by atoms with van der Waals surface area (Å²) in [6.45, 7) is 0. The van der Waals surface area contributed by atoms with Gasteiger partial charge in [-0.3, -0.25) is 9.97 Å². The lowest BCUT2D eigenvalue weighted by atomic mass is 10.3. The average Bonchev–Trinajstić information content (AvgIpc) is 2.89. The fourth-order valence-electron chi connectivity index (χ4n) is 1.50. The summed E-state index contributed by atoms with van der Waals surface area (Å²) < 4.78 is 6.00. The Morgan fingerprint density at radius 1 is 1.16 bits per heavy atom. The van der Waals surface area contributed by atoms with E-state index in [9.17, 15) is 5.11 Å². The Labute approximate surface area is 116 Å². The quantitative estimate of drug-likeness (QED) is 0.781. The standard InChI is InChI=1S/C12H7BrN4O2/c13-8-1-2-10(15-5-8)11-16-12(19-17-11)7-3-9(18)6-14-4-7/h1-6,18H. The van der Waals surface area contributed by atoms with Crippen molar-refractivity contribution in [2.45, 2.75) is 0 Å². The van der Waals surface area contributed by atoms with E-state index < -0.39 is 0 Å². The van der Waals surface area contributed by atoms with Crippen molar-refractivity contribution in [1.29, 1.82) is 0 Å². The number of pyridine rings is 2. The molecule has 0 unspecified atom stereocenters. The second-order valence-electron chi connectivity index (χ2n) is 3.72. The SMILES string of the molecule is Oc1cncc(-c2nc(-c3ccc(Br)cn3)no2)c1. The molecule has 0 aliphatic carbocycles. The molecule has 0 fully saturated rings. The molecule has 0 atom stereocenters. The van der Waals surface area contributed by atoms with Crippen LogP contribution in [0.2, 0.25) is 0 Å². The Hall–Kier alpha value is -2.28.